The summed E-state index contributed by atoms with van der Waals surface area (Å²) in [6.07, 6.45) is 0. The predicted octanol–water partition coefficient (Wildman–Crippen LogP) is 0.605. The van der Waals surface area contributed by atoms with Gasteiger partial charge in [-0.2, -0.15) is 17.0 Å². The number of piperazine rings is 2. The molecule has 6 nitrogen and oxygen atoms in total. The van der Waals surface area contributed by atoms with Crippen LogP contribution in [0.25, 0.3) is 0 Å². The van der Waals surface area contributed by atoms with Gasteiger partial charge in [-0.25, -0.2) is 0 Å². The first kappa shape index (κ1) is 17.8. The van der Waals surface area contributed by atoms with E-state index in [1.165, 1.54) is 11.1 Å². The number of benzene rings is 1. The van der Waals surface area contributed by atoms with E-state index in [2.05, 4.69) is 41.0 Å². The molecule has 0 amide bonds. The predicted molar refractivity (Wildman–Crippen MR) is 96.0 cm³/mol. The highest BCUT2D eigenvalue weighted by Crippen LogP contribution is 2.16. The first-order valence-electron chi connectivity index (χ1n) is 8.67. The van der Waals surface area contributed by atoms with Gasteiger partial charge in [0.05, 0.1) is 0 Å². The fourth-order valence-electron chi connectivity index (χ4n) is 3.25. The average molecular weight is 353 g/mol. The van der Waals surface area contributed by atoms with E-state index in [1.807, 2.05) is 7.05 Å². The third-order valence-electron chi connectivity index (χ3n) is 4.97. The molecule has 0 aromatic heterocycles. The van der Waals surface area contributed by atoms with E-state index in [-0.39, 0.29) is 0 Å². The Morgan fingerprint density at radius 3 is 1.88 bits per heavy atom. The zero-order valence-corrected chi connectivity index (χ0v) is 15.5. The van der Waals surface area contributed by atoms with E-state index in [9.17, 15) is 8.42 Å². The van der Waals surface area contributed by atoms with E-state index in [0.717, 1.165) is 32.7 Å². The largest absolute Gasteiger partial charge is 0.304 e. The molecule has 2 saturated heterocycles. The molecule has 2 aliphatic rings. The number of hydrogen-bond donors (Lipinski definition) is 0. The van der Waals surface area contributed by atoms with Gasteiger partial charge in [0, 0.05) is 58.9 Å². The van der Waals surface area contributed by atoms with Crippen molar-refractivity contribution in [3.05, 3.63) is 35.4 Å². The second-order valence-corrected chi connectivity index (χ2v) is 8.80. The number of aryl methyl sites for hydroxylation is 1. The second-order valence-electron chi connectivity index (χ2n) is 6.87. The number of hydrogen-bond acceptors (Lipinski definition) is 4. The fraction of sp³-hybridized carbons (Fsp3) is 0.647. The van der Waals surface area contributed by atoms with Gasteiger partial charge in [-0.05, 0) is 19.5 Å². The van der Waals surface area contributed by atoms with E-state index in [0.29, 0.717) is 26.2 Å². The lowest BCUT2D eigenvalue weighted by atomic mass is 10.1. The summed E-state index contributed by atoms with van der Waals surface area (Å²) in [4.78, 5) is 4.51. The van der Waals surface area contributed by atoms with Gasteiger partial charge in [0.2, 0.25) is 0 Å². The van der Waals surface area contributed by atoms with Gasteiger partial charge >= 0.3 is 0 Å². The molecular weight excluding hydrogens is 324 g/mol. The van der Waals surface area contributed by atoms with Gasteiger partial charge in [0.15, 0.2) is 0 Å². The molecule has 24 heavy (non-hydrogen) atoms. The van der Waals surface area contributed by atoms with Gasteiger partial charge in [0.25, 0.3) is 10.2 Å². The maximum absolute atomic E-state index is 12.8. The SMILES string of the molecule is Cc1ccc(CN2CCN(S(=O)(=O)N3CCN(C)CC3)CC2)cc1. The highest BCUT2D eigenvalue weighted by Gasteiger charge is 2.33. The Bertz CT molecular complexity index is 631. The Labute approximate surface area is 145 Å². The van der Waals surface area contributed by atoms with Crippen molar-refractivity contribution >= 4 is 10.2 Å². The molecule has 0 aliphatic carbocycles. The van der Waals surface area contributed by atoms with Crippen molar-refractivity contribution in [1.29, 1.82) is 0 Å². The molecule has 0 saturated carbocycles. The summed E-state index contributed by atoms with van der Waals surface area (Å²) in [7, 11) is -1.26. The molecule has 7 heteroatoms. The number of likely N-dealkylation sites (N-methyl/N-ethyl adjacent to an activating group) is 1. The molecule has 0 N–H and O–H groups in total. The van der Waals surface area contributed by atoms with E-state index < -0.39 is 10.2 Å². The van der Waals surface area contributed by atoms with Crippen molar-refractivity contribution < 1.29 is 8.42 Å². The van der Waals surface area contributed by atoms with Crippen LogP contribution in [0, 0.1) is 6.92 Å². The van der Waals surface area contributed by atoms with E-state index in [1.54, 1.807) is 8.61 Å². The number of rotatable bonds is 4. The van der Waals surface area contributed by atoms with E-state index >= 15 is 0 Å². The molecule has 0 spiro atoms. The molecule has 1 aromatic carbocycles. The summed E-state index contributed by atoms with van der Waals surface area (Å²) in [6.45, 7) is 8.56. The highest BCUT2D eigenvalue weighted by atomic mass is 32.2. The molecule has 0 bridgehead atoms. The van der Waals surface area contributed by atoms with E-state index in [4.69, 9.17) is 0 Å². The van der Waals surface area contributed by atoms with Crippen molar-refractivity contribution in [3.8, 4) is 0 Å². The summed E-state index contributed by atoms with van der Waals surface area (Å²) >= 11 is 0. The molecule has 3 rings (SSSR count). The Kier molecular flexibility index (Phi) is 5.56. The summed E-state index contributed by atoms with van der Waals surface area (Å²) in [5, 5.41) is 0. The summed E-state index contributed by atoms with van der Waals surface area (Å²) < 4.78 is 28.8. The molecular formula is C17H28N4O2S. The first-order valence-corrected chi connectivity index (χ1v) is 10.1. The second kappa shape index (κ2) is 7.49. The lowest BCUT2D eigenvalue weighted by molar-refractivity contribution is 0.165. The van der Waals surface area contributed by atoms with Crippen molar-refractivity contribution in [2.45, 2.75) is 13.5 Å². The third-order valence-corrected chi connectivity index (χ3v) is 7.01. The van der Waals surface area contributed by atoms with Crippen LogP contribution in [-0.4, -0.2) is 86.2 Å². The lowest BCUT2D eigenvalue weighted by Gasteiger charge is -2.39. The van der Waals surface area contributed by atoms with Gasteiger partial charge in [-0.3, -0.25) is 4.90 Å². The Balaban J connectivity index is 1.53. The average Bonchev–Trinajstić information content (AvgIpc) is 2.58. The van der Waals surface area contributed by atoms with Crippen LogP contribution in [0.5, 0.6) is 0 Å². The molecule has 2 fully saturated rings. The fourth-order valence-corrected chi connectivity index (χ4v) is 4.83. The Morgan fingerprint density at radius 2 is 1.33 bits per heavy atom. The maximum atomic E-state index is 12.8. The van der Waals surface area contributed by atoms with Crippen LogP contribution in [0.1, 0.15) is 11.1 Å². The summed E-state index contributed by atoms with van der Waals surface area (Å²) in [6, 6.07) is 8.57. The lowest BCUT2D eigenvalue weighted by Crippen LogP contribution is -2.56. The topological polar surface area (TPSA) is 47.1 Å². The molecule has 0 radical (unpaired) electrons. The normalized spacial score (nSPS) is 22.8. The highest BCUT2D eigenvalue weighted by molar-refractivity contribution is 7.86. The summed E-state index contributed by atoms with van der Waals surface area (Å²) in [5.41, 5.74) is 2.55. The Hall–Kier alpha value is -0.990. The molecule has 0 atom stereocenters. The minimum absolute atomic E-state index is 0.584. The maximum Gasteiger partial charge on any atom is 0.282 e. The van der Waals surface area contributed by atoms with Crippen LogP contribution in [-0.2, 0) is 16.8 Å². The van der Waals surface area contributed by atoms with Crippen molar-refractivity contribution in [2.75, 3.05) is 59.4 Å². The smallest absolute Gasteiger partial charge is 0.282 e. The van der Waals surface area contributed by atoms with Crippen LogP contribution >= 0.6 is 0 Å². The van der Waals surface area contributed by atoms with Gasteiger partial charge in [-0.15, -0.1) is 0 Å². The van der Waals surface area contributed by atoms with Crippen LogP contribution in [0.2, 0.25) is 0 Å². The Morgan fingerprint density at radius 1 is 0.833 bits per heavy atom. The van der Waals surface area contributed by atoms with Crippen LogP contribution in [0.3, 0.4) is 0 Å². The van der Waals surface area contributed by atoms with Crippen LogP contribution in [0.4, 0.5) is 0 Å². The third kappa shape index (κ3) is 4.15. The molecule has 2 heterocycles. The van der Waals surface area contributed by atoms with Crippen LogP contribution < -0.4 is 0 Å². The van der Waals surface area contributed by atoms with Crippen molar-refractivity contribution in [3.63, 3.8) is 0 Å². The van der Waals surface area contributed by atoms with Gasteiger partial charge in [0.1, 0.15) is 0 Å². The van der Waals surface area contributed by atoms with Gasteiger partial charge in [-0.1, -0.05) is 29.8 Å². The van der Waals surface area contributed by atoms with Crippen molar-refractivity contribution in [2.24, 2.45) is 0 Å². The minimum Gasteiger partial charge on any atom is -0.304 e. The zero-order valence-electron chi connectivity index (χ0n) is 14.7. The summed E-state index contributed by atoms with van der Waals surface area (Å²) in [5.74, 6) is 0. The van der Waals surface area contributed by atoms with Crippen LogP contribution in [0.15, 0.2) is 24.3 Å². The molecule has 1 aromatic rings. The standard InChI is InChI=1S/C17H28N4O2S/c1-16-3-5-17(6-4-16)15-19-9-13-21(14-10-19)24(22,23)20-11-7-18(2)8-12-20/h3-6H,7-15H2,1-2H3. The molecule has 0 unspecified atom stereocenters. The molecule has 134 valence electrons. The monoisotopic (exact) mass is 352 g/mol. The minimum atomic E-state index is -3.30. The quantitative estimate of drug-likeness (QED) is 0.796. The molecule has 2 aliphatic heterocycles. The number of nitrogens with zero attached hydrogens (tertiary/aromatic N) is 4. The van der Waals surface area contributed by atoms with Gasteiger partial charge < -0.3 is 4.90 Å². The zero-order chi connectivity index (χ0) is 17.2. The first-order chi connectivity index (χ1) is 11.4. The van der Waals surface area contributed by atoms with Crippen molar-refractivity contribution in [1.82, 2.24) is 18.4 Å².